The Labute approximate surface area is 117 Å². The minimum atomic E-state index is -0.173. The molecule has 1 heterocycles. The van der Waals surface area contributed by atoms with Crippen LogP contribution < -0.4 is 5.73 Å². The molecule has 2 atom stereocenters. The summed E-state index contributed by atoms with van der Waals surface area (Å²) in [6.45, 7) is 1.77. The fraction of sp³-hybridized carbons (Fsp3) is 0.250. The zero-order chi connectivity index (χ0) is 13.4. The molecule has 2 aromatic rings. The third-order valence-corrected chi connectivity index (χ3v) is 5.07. The fourth-order valence-electron chi connectivity index (χ4n) is 2.44. The summed E-state index contributed by atoms with van der Waals surface area (Å²) in [5.74, 6) is -0.173. The minimum absolute atomic E-state index is 0.132. The van der Waals surface area contributed by atoms with Crippen LogP contribution in [-0.4, -0.2) is 5.25 Å². The molecule has 98 valence electrons. The van der Waals surface area contributed by atoms with Crippen LogP contribution in [0.3, 0.4) is 0 Å². The second-order valence-electron chi connectivity index (χ2n) is 5.00. The van der Waals surface area contributed by atoms with Crippen molar-refractivity contribution in [2.75, 3.05) is 0 Å². The Kier molecular flexibility index (Phi) is 3.33. The van der Waals surface area contributed by atoms with Gasteiger partial charge in [-0.2, -0.15) is 0 Å². The first kappa shape index (κ1) is 12.7. The van der Waals surface area contributed by atoms with Gasteiger partial charge in [-0.15, -0.1) is 11.8 Å². The van der Waals surface area contributed by atoms with E-state index in [0.717, 1.165) is 12.0 Å². The second kappa shape index (κ2) is 4.99. The number of hydrogen-bond donors (Lipinski definition) is 1. The minimum Gasteiger partial charge on any atom is -0.323 e. The van der Waals surface area contributed by atoms with Gasteiger partial charge in [0, 0.05) is 16.2 Å². The highest BCUT2D eigenvalue weighted by atomic mass is 32.2. The zero-order valence-electron chi connectivity index (χ0n) is 10.8. The molecule has 2 unspecified atom stereocenters. The molecular weight excluding hydrogens is 257 g/mol. The van der Waals surface area contributed by atoms with Crippen LogP contribution in [0.5, 0.6) is 0 Å². The summed E-state index contributed by atoms with van der Waals surface area (Å²) < 4.78 is 13.6. The van der Waals surface area contributed by atoms with Crippen LogP contribution >= 0.6 is 11.8 Å². The van der Waals surface area contributed by atoms with Crippen LogP contribution in [0.15, 0.2) is 47.4 Å². The maximum absolute atomic E-state index is 13.6. The van der Waals surface area contributed by atoms with Crippen LogP contribution in [0.2, 0.25) is 0 Å². The predicted molar refractivity (Wildman–Crippen MR) is 77.9 cm³/mol. The molecule has 1 nitrogen and oxygen atoms in total. The quantitative estimate of drug-likeness (QED) is 0.899. The number of nitrogens with two attached hydrogens (primary N) is 1. The normalized spacial score (nSPS) is 19.2. The van der Waals surface area contributed by atoms with Gasteiger partial charge >= 0.3 is 0 Å². The summed E-state index contributed by atoms with van der Waals surface area (Å²) in [7, 11) is 0. The summed E-state index contributed by atoms with van der Waals surface area (Å²) in [4.78, 5) is 1.30. The van der Waals surface area contributed by atoms with Crippen molar-refractivity contribution in [2.45, 2.75) is 29.5 Å². The molecule has 0 aliphatic carbocycles. The topological polar surface area (TPSA) is 26.0 Å². The van der Waals surface area contributed by atoms with Gasteiger partial charge in [-0.05, 0) is 42.2 Å². The number of rotatable bonds is 2. The van der Waals surface area contributed by atoms with Crippen molar-refractivity contribution in [2.24, 2.45) is 5.73 Å². The largest absolute Gasteiger partial charge is 0.323 e. The third-order valence-electron chi connectivity index (χ3n) is 3.65. The second-order valence-corrected chi connectivity index (χ2v) is 6.28. The van der Waals surface area contributed by atoms with E-state index in [0.29, 0.717) is 10.8 Å². The van der Waals surface area contributed by atoms with Gasteiger partial charge in [-0.3, -0.25) is 0 Å². The first-order chi connectivity index (χ1) is 9.15. The number of hydrogen-bond acceptors (Lipinski definition) is 2. The van der Waals surface area contributed by atoms with Crippen molar-refractivity contribution in [1.29, 1.82) is 0 Å². The number of aryl methyl sites for hydroxylation is 1. The van der Waals surface area contributed by atoms with Gasteiger partial charge in [0.25, 0.3) is 0 Å². The maximum Gasteiger partial charge on any atom is 0.126 e. The lowest BCUT2D eigenvalue weighted by atomic mass is 9.98. The average molecular weight is 273 g/mol. The van der Waals surface area contributed by atoms with Crippen molar-refractivity contribution in [3.63, 3.8) is 0 Å². The summed E-state index contributed by atoms with van der Waals surface area (Å²) in [6.07, 6.45) is 0.956. The highest BCUT2D eigenvalue weighted by Gasteiger charge is 2.28. The molecule has 1 aliphatic rings. The Bertz CT molecular complexity index is 586. The summed E-state index contributed by atoms with van der Waals surface area (Å²) in [5.41, 5.74) is 9.21. The number of halogens is 1. The lowest BCUT2D eigenvalue weighted by molar-refractivity contribution is 0.606. The van der Waals surface area contributed by atoms with Crippen molar-refractivity contribution in [3.8, 4) is 0 Å². The van der Waals surface area contributed by atoms with E-state index in [2.05, 4.69) is 18.2 Å². The zero-order valence-corrected chi connectivity index (χ0v) is 11.6. The highest BCUT2D eigenvalue weighted by molar-refractivity contribution is 8.00. The van der Waals surface area contributed by atoms with Gasteiger partial charge in [-0.25, -0.2) is 4.39 Å². The van der Waals surface area contributed by atoms with E-state index in [1.807, 2.05) is 12.1 Å². The molecule has 0 bridgehead atoms. The summed E-state index contributed by atoms with van der Waals surface area (Å²) in [6, 6.07) is 13.6. The molecule has 0 aromatic heterocycles. The molecule has 2 N–H and O–H groups in total. The van der Waals surface area contributed by atoms with Crippen molar-refractivity contribution in [3.05, 3.63) is 65.0 Å². The van der Waals surface area contributed by atoms with Gasteiger partial charge in [0.05, 0.1) is 0 Å². The highest BCUT2D eigenvalue weighted by Crippen LogP contribution is 2.41. The molecule has 0 saturated heterocycles. The van der Waals surface area contributed by atoms with Gasteiger partial charge < -0.3 is 5.73 Å². The SMILES string of the molecule is Cc1ccc(C(N)C2Cc3ccccc3S2)cc1F. The molecule has 0 spiro atoms. The smallest absolute Gasteiger partial charge is 0.126 e. The van der Waals surface area contributed by atoms with Gasteiger partial charge in [0.15, 0.2) is 0 Å². The third kappa shape index (κ3) is 2.40. The Morgan fingerprint density at radius 2 is 2.05 bits per heavy atom. The number of benzene rings is 2. The van der Waals surface area contributed by atoms with Crippen LogP contribution in [0.4, 0.5) is 4.39 Å². The molecule has 3 rings (SSSR count). The van der Waals surface area contributed by atoms with E-state index >= 15 is 0 Å². The Balaban J connectivity index is 1.82. The van der Waals surface area contributed by atoms with Crippen LogP contribution in [0.25, 0.3) is 0 Å². The van der Waals surface area contributed by atoms with E-state index < -0.39 is 0 Å². The molecular formula is C16H16FNS. The van der Waals surface area contributed by atoms with Crippen molar-refractivity contribution in [1.82, 2.24) is 0 Å². The summed E-state index contributed by atoms with van der Waals surface area (Å²) >= 11 is 1.80. The fourth-order valence-corrected chi connectivity index (χ4v) is 3.79. The van der Waals surface area contributed by atoms with Crippen LogP contribution in [-0.2, 0) is 6.42 Å². The van der Waals surface area contributed by atoms with E-state index in [-0.39, 0.29) is 11.9 Å². The van der Waals surface area contributed by atoms with Crippen LogP contribution in [0.1, 0.15) is 22.7 Å². The molecule has 2 aromatic carbocycles. The van der Waals surface area contributed by atoms with Crippen molar-refractivity contribution < 1.29 is 4.39 Å². The predicted octanol–water partition coefficient (Wildman–Crippen LogP) is 3.85. The van der Waals surface area contributed by atoms with E-state index in [9.17, 15) is 4.39 Å². The Morgan fingerprint density at radius 1 is 1.26 bits per heavy atom. The number of thioether (sulfide) groups is 1. The van der Waals surface area contributed by atoms with Gasteiger partial charge in [0.1, 0.15) is 5.82 Å². The van der Waals surface area contributed by atoms with Crippen LogP contribution in [0, 0.1) is 12.7 Å². The molecule has 0 saturated carbocycles. The van der Waals surface area contributed by atoms with E-state index in [4.69, 9.17) is 5.73 Å². The van der Waals surface area contributed by atoms with E-state index in [1.165, 1.54) is 10.5 Å². The Morgan fingerprint density at radius 3 is 2.79 bits per heavy atom. The van der Waals surface area contributed by atoms with Crippen molar-refractivity contribution >= 4 is 11.8 Å². The molecule has 0 fully saturated rings. The monoisotopic (exact) mass is 273 g/mol. The number of fused-ring (bicyclic) bond motifs is 1. The maximum atomic E-state index is 13.6. The summed E-state index contributed by atoms with van der Waals surface area (Å²) in [5, 5.41) is 0.291. The lowest BCUT2D eigenvalue weighted by Gasteiger charge is -2.19. The molecule has 3 heteroatoms. The van der Waals surface area contributed by atoms with Gasteiger partial charge in [-0.1, -0.05) is 30.3 Å². The first-order valence-corrected chi connectivity index (χ1v) is 7.29. The molecule has 19 heavy (non-hydrogen) atoms. The molecule has 0 amide bonds. The lowest BCUT2D eigenvalue weighted by Crippen LogP contribution is -2.23. The van der Waals surface area contributed by atoms with E-state index in [1.54, 1.807) is 30.8 Å². The molecule has 0 radical (unpaired) electrons. The standard InChI is InChI=1S/C16H16FNS/c1-10-6-7-12(8-13(10)17)16(18)15-9-11-4-2-3-5-14(11)19-15/h2-8,15-16H,9,18H2,1H3. The molecule has 1 aliphatic heterocycles. The Hall–Kier alpha value is -1.32. The average Bonchev–Trinajstić information content (AvgIpc) is 2.85. The van der Waals surface area contributed by atoms with Gasteiger partial charge in [0.2, 0.25) is 0 Å². The first-order valence-electron chi connectivity index (χ1n) is 6.41.